The molecule has 0 atom stereocenters. The lowest BCUT2D eigenvalue weighted by Gasteiger charge is -2.12. The Kier molecular flexibility index (Phi) is 6.71. The predicted octanol–water partition coefficient (Wildman–Crippen LogP) is 2.96. The van der Waals surface area contributed by atoms with E-state index in [0.29, 0.717) is 40.3 Å². The minimum absolute atomic E-state index is 0.0398. The SMILES string of the molecule is COc1cc(Cl)c(C)cc1NC(=O)COC(=O)Cc1csc(N2CCCC2=O)n1. The van der Waals surface area contributed by atoms with E-state index >= 15 is 0 Å². The van der Waals surface area contributed by atoms with E-state index < -0.39 is 18.5 Å². The molecule has 10 heteroatoms. The topological polar surface area (TPSA) is 97.8 Å². The molecule has 0 saturated carbocycles. The van der Waals surface area contributed by atoms with E-state index in [1.807, 2.05) is 0 Å². The van der Waals surface area contributed by atoms with Crippen molar-refractivity contribution >= 4 is 51.5 Å². The van der Waals surface area contributed by atoms with Crippen LogP contribution in [0, 0.1) is 6.92 Å². The number of nitrogens with zero attached hydrogens (tertiary/aromatic N) is 2. The predicted molar refractivity (Wildman–Crippen MR) is 110 cm³/mol. The van der Waals surface area contributed by atoms with Gasteiger partial charge < -0.3 is 14.8 Å². The molecule has 1 saturated heterocycles. The number of anilines is 2. The van der Waals surface area contributed by atoms with Crippen molar-refractivity contribution in [3.63, 3.8) is 0 Å². The number of thiazole rings is 1. The molecule has 8 nitrogen and oxygen atoms in total. The number of nitrogens with one attached hydrogen (secondary N) is 1. The molecule has 29 heavy (non-hydrogen) atoms. The first-order chi connectivity index (χ1) is 13.9. The molecule has 2 heterocycles. The Morgan fingerprint density at radius 2 is 2.17 bits per heavy atom. The zero-order valence-electron chi connectivity index (χ0n) is 16.0. The van der Waals surface area contributed by atoms with Gasteiger partial charge in [0.2, 0.25) is 5.91 Å². The molecule has 0 aliphatic carbocycles. The van der Waals surface area contributed by atoms with Gasteiger partial charge in [0.05, 0.1) is 24.9 Å². The van der Waals surface area contributed by atoms with E-state index in [2.05, 4.69) is 10.3 Å². The summed E-state index contributed by atoms with van der Waals surface area (Å²) in [7, 11) is 1.47. The second-order valence-electron chi connectivity index (χ2n) is 6.46. The van der Waals surface area contributed by atoms with Gasteiger partial charge in [-0.3, -0.25) is 19.3 Å². The summed E-state index contributed by atoms with van der Waals surface area (Å²) in [4.78, 5) is 41.8. The van der Waals surface area contributed by atoms with Crippen LogP contribution in [0.25, 0.3) is 0 Å². The fourth-order valence-electron chi connectivity index (χ4n) is 2.81. The van der Waals surface area contributed by atoms with Crippen molar-refractivity contribution in [1.29, 1.82) is 0 Å². The number of rotatable bonds is 7. The Labute approximate surface area is 176 Å². The van der Waals surface area contributed by atoms with Gasteiger partial charge in [-0.05, 0) is 25.0 Å². The second kappa shape index (κ2) is 9.23. The highest BCUT2D eigenvalue weighted by Gasteiger charge is 2.24. The lowest BCUT2D eigenvalue weighted by Crippen LogP contribution is -2.23. The number of carbonyl (C=O) groups is 3. The summed E-state index contributed by atoms with van der Waals surface area (Å²) in [5.74, 6) is -0.631. The first-order valence-corrected chi connectivity index (χ1v) is 10.2. The van der Waals surface area contributed by atoms with Gasteiger partial charge >= 0.3 is 5.97 Å². The zero-order chi connectivity index (χ0) is 21.0. The van der Waals surface area contributed by atoms with Crippen LogP contribution in [0.1, 0.15) is 24.1 Å². The zero-order valence-corrected chi connectivity index (χ0v) is 17.6. The largest absolute Gasteiger partial charge is 0.495 e. The number of hydrogen-bond donors (Lipinski definition) is 1. The molecule has 1 fully saturated rings. The Morgan fingerprint density at radius 3 is 2.86 bits per heavy atom. The molecule has 1 aliphatic rings. The number of amides is 2. The summed E-state index contributed by atoms with van der Waals surface area (Å²) in [6, 6.07) is 3.28. The number of hydrogen-bond acceptors (Lipinski definition) is 7. The molecule has 1 N–H and O–H groups in total. The molecule has 1 aliphatic heterocycles. The maximum Gasteiger partial charge on any atom is 0.312 e. The third-order valence-corrected chi connectivity index (χ3v) is 5.61. The van der Waals surface area contributed by atoms with Gasteiger partial charge in [0.25, 0.3) is 5.91 Å². The maximum absolute atomic E-state index is 12.1. The van der Waals surface area contributed by atoms with Crippen molar-refractivity contribution < 1.29 is 23.9 Å². The summed E-state index contributed by atoms with van der Waals surface area (Å²) in [5, 5.41) is 5.45. The summed E-state index contributed by atoms with van der Waals surface area (Å²) < 4.78 is 10.2. The van der Waals surface area contributed by atoms with E-state index in [1.54, 1.807) is 29.3 Å². The highest BCUT2D eigenvalue weighted by atomic mass is 35.5. The van der Waals surface area contributed by atoms with Crippen molar-refractivity contribution in [3.05, 3.63) is 33.8 Å². The minimum Gasteiger partial charge on any atom is -0.495 e. The average molecular weight is 438 g/mol. The first kappa shape index (κ1) is 21.1. The van der Waals surface area contributed by atoms with Crippen LogP contribution in [0.3, 0.4) is 0 Å². The quantitative estimate of drug-likeness (QED) is 0.669. The molecule has 3 rings (SSSR count). The van der Waals surface area contributed by atoms with Crippen LogP contribution in [-0.2, 0) is 25.5 Å². The molecule has 0 radical (unpaired) electrons. The third kappa shape index (κ3) is 5.24. The van der Waals surface area contributed by atoms with Crippen molar-refractivity contribution in [2.75, 3.05) is 30.5 Å². The fourth-order valence-corrected chi connectivity index (χ4v) is 3.83. The highest BCUT2D eigenvalue weighted by Crippen LogP contribution is 2.31. The van der Waals surface area contributed by atoms with Gasteiger partial charge in [0.15, 0.2) is 11.7 Å². The standard InChI is InChI=1S/C19H20ClN3O5S/c1-11-6-14(15(27-2)8-13(11)20)22-16(24)9-28-18(26)7-12-10-29-19(21-12)23-5-3-4-17(23)25/h6,8,10H,3-5,7,9H2,1-2H3,(H,22,24). The summed E-state index contributed by atoms with van der Waals surface area (Å²) in [5.41, 5.74) is 1.72. The molecule has 0 spiro atoms. The number of benzene rings is 1. The van der Waals surface area contributed by atoms with Crippen LogP contribution in [0.4, 0.5) is 10.8 Å². The average Bonchev–Trinajstić information content (AvgIpc) is 3.31. The van der Waals surface area contributed by atoms with Gasteiger partial charge in [0, 0.05) is 29.4 Å². The molecule has 154 valence electrons. The van der Waals surface area contributed by atoms with Gasteiger partial charge in [-0.1, -0.05) is 11.6 Å². The monoisotopic (exact) mass is 437 g/mol. The van der Waals surface area contributed by atoms with E-state index in [-0.39, 0.29) is 12.3 Å². The van der Waals surface area contributed by atoms with E-state index in [1.165, 1.54) is 18.4 Å². The van der Waals surface area contributed by atoms with E-state index in [4.69, 9.17) is 21.1 Å². The minimum atomic E-state index is -0.580. The second-order valence-corrected chi connectivity index (χ2v) is 7.70. The maximum atomic E-state index is 12.1. The lowest BCUT2D eigenvalue weighted by molar-refractivity contribution is -0.146. The van der Waals surface area contributed by atoms with Gasteiger partial charge in [-0.15, -0.1) is 11.3 Å². The number of aryl methyl sites for hydroxylation is 1. The molecule has 0 unspecified atom stereocenters. The Balaban J connectivity index is 1.51. The number of halogens is 1. The Bertz CT molecular complexity index is 946. The number of aromatic nitrogens is 1. The summed E-state index contributed by atoms with van der Waals surface area (Å²) >= 11 is 7.35. The molecule has 1 aromatic carbocycles. The highest BCUT2D eigenvalue weighted by molar-refractivity contribution is 7.14. The Morgan fingerprint density at radius 1 is 1.38 bits per heavy atom. The van der Waals surface area contributed by atoms with Crippen LogP contribution >= 0.6 is 22.9 Å². The smallest absolute Gasteiger partial charge is 0.312 e. The first-order valence-electron chi connectivity index (χ1n) is 8.91. The van der Waals surface area contributed by atoms with Crippen LogP contribution < -0.4 is 15.0 Å². The molecule has 2 aromatic rings. The van der Waals surface area contributed by atoms with Crippen molar-refractivity contribution in [3.8, 4) is 5.75 Å². The number of esters is 1. The van der Waals surface area contributed by atoms with Crippen molar-refractivity contribution in [1.82, 2.24) is 4.98 Å². The van der Waals surface area contributed by atoms with Crippen molar-refractivity contribution in [2.24, 2.45) is 0 Å². The summed E-state index contributed by atoms with van der Waals surface area (Å²) in [6.07, 6.45) is 1.25. The normalized spacial score (nSPS) is 13.5. The lowest BCUT2D eigenvalue weighted by atomic mass is 10.2. The Hall–Kier alpha value is -2.65. The van der Waals surface area contributed by atoms with Crippen LogP contribution in [-0.4, -0.2) is 43.0 Å². The summed E-state index contributed by atoms with van der Waals surface area (Å²) in [6.45, 7) is 2.00. The molecular formula is C19H20ClN3O5S. The molecular weight excluding hydrogens is 418 g/mol. The number of ether oxygens (including phenoxy) is 2. The molecule has 2 amide bonds. The molecule has 0 bridgehead atoms. The fraction of sp³-hybridized carbons (Fsp3) is 0.368. The number of carbonyl (C=O) groups excluding carboxylic acids is 3. The van der Waals surface area contributed by atoms with Crippen LogP contribution in [0.5, 0.6) is 5.75 Å². The third-order valence-electron chi connectivity index (χ3n) is 4.29. The molecule has 1 aromatic heterocycles. The van der Waals surface area contributed by atoms with E-state index in [9.17, 15) is 14.4 Å². The number of methoxy groups -OCH3 is 1. The van der Waals surface area contributed by atoms with Gasteiger partial charge in [0.1, 0.15) is 5.75 Å². The van der Waals surface area contributed by atoms with Crippen LogP contribution in [0.15, 0.2) is 17.5 Å². The van der Waals surface area contributed by atoms with E-state index in [0.717, 1.165) is 12.0 Å². The van der Waals surface area contributed by atoms with Crippen LogP contribution in [0.2, 0.25) is 5.02 Å². The van der Waals surface area contributed by atoms with Gasteiger partial charge in [-0.2, -0.15) is 0 Å². The van der Waals surface area contributed by atoms with Gasteiger partial charge in [-0.25, -0.2) is 4.98 Å². The van der Waals surface area contributed by atoms with Crippen molar-refractivity contribution in [2.45, 2.75) is 26.2 Å².